The molecule has 2 aromatic rings. The summed E-state index contributed by atoms with van der Waals surface area (Å²) in [4.78, 5) is 1.76. The lowest BCUT2D eigenvalue weighted by Gasteiger charge is -2.31. The Hall–Kier alpha value is -1.89. The summed E-state index contributed by atoms with van der Waals surface area (Å²) in [5, 5.41) is 0. The lowest BCUT2D eigenvalue weighted by molar-refractivity contribution is -0.917. The number of hydrogen-bond donors (Lipinski definition) is 1. The fourth-order valence-corrected chi connectivity index (χ4v) is 4.62. The zero-order valence-corrected chi connectivity index (χ0v) is 16.0. The van der Waals surface area contributed by atoms with Crippen LogP contribution < -0.4 is 9.64 Å². The number of ether oxygens (including phenoxy) is 1. The molecule has 1 aliphatic rings. The molecule has 5 nitrogen and oxygen atoms in total. The third-order valence-corrected chi connectivity index (χ3v) is 6.57. The first-order chi connectivity index (χ1) is 12.6. The van der Waals surface area contributed by atoms with E-state index in [9.17, 15) is 8.42 Å². The SMILES string of the molecule is CCCOc1ccc(S(=O)(=O)N2CC[NH+](Cc3ccccc3)CC2)cc1. The lowest BCUT2D eigenvalue weighted by atomic mass is 10.2. The van der Waals surface area contributed by atoms with E-state index in [4.69, 9.17) is 4.74 Å². The van der Waals surface area contributed by atoms with Crippen molar-refractivity contribution in [2.24, 2.45) is 0 Å². The van der Waals surface area contributed by atoms with Gasteiger partial charge in [0, 0.05) is 5.56 Å². The minimum absolute atomic E-state index is 0.341. The zero-order valence-electron chi connectivity index (χ0n) is 15.2. The first-order valence-electron chi connectivity index (χ1n) is 9.20. The number of sulfonamides is 1. The van der Waals surface area contributed by atoms with Crippen LogP contribution in [0.25, 0.3) is 0 Å². The van der Waals surface area contributed by atoms with Crippen molar-refractivity contribution < 1.29 is 18.1 Å². The summed E-state index contributed by atoms with van der Waals surface area (Å²) in [7, 11) is -3.43. The van der Waals surface area contributed by atoms with Crippen LogP contribution in [-0.4, -0.2) is 45.5 Å². The quantitative estimate of drug-likeness (QED) is 0.799. The van der Waals surface area contributed by atoms with Crippen LogP contribution in [0.4, 0.5) is 0 Å². The van der Waals surface area contributed by atoms with Crippen molar-refractivity contribution in [3.8, 4) is 5.75 Å². The average molecular weight is 376 g/mol. The van der Waals surface area contributed by atoms with E-state index in [1.54, 1.807) is 28.6 Å². The predicted molar refractivity (Wildman–Crippen MR) is 102 cm³/mol. The second-order valence-electron chi connectivity index (χ2n) is 6.64. The van der Waals surface area contributed by atoms with Gasteiger partial charge in [0.2, 0.25) is 10.0 Å². The molecule has 1 N–H and O–H groups in total. The molecule has 26 heavy (non-hydrogen) atoms. The summed E-state index contributed by atoms with van der Waals surface area (Å²) >= 11 is 0. The van der Waals surface area contributed by atoms with Crippen LogP contribution in [0.3, 0.4) is 0 Å². The van der Waals surface area contributed by atoms with Crippen molar-refractivity contribution in [3.63, 3.8) is 0 Å². The first kappa shape index (κ1) is 18.9. The van der Waals surface area contributed by atoms with Crippen LogP contribution in [-0.2, 0) is 16.6 Å². The Labute approximate surface area is 156 Å². The van der Waals surface area contributed by atoms with Crippen LogP contribution in [0.2, 0.25) is 0 Å². The van der Waals surface area contributed by atoms with Gasteiger partial charge in [0.05, 0.1) is 37.7 Å². The number of rotatable bonds is 7. The molecule has 0 aliphatic carbocycles. The van der Waals surface area contributed by atoms with Gasteiger partial charge in [-0.3, -0.25) is 0 Å². The summed E-state index contributed by atoms with van der Waals surface area (Å²) < 4.78 is 32.8. The standard InChI is InChI=1S/C20H26N2O3S/c1-2-16-25-19-8-10-20(11-9-19)26(23,24)22-14-12-21(13-15-22)17-18-6-4-3-5-7-18/h3-11H,2,12-17H2,1H3/p+1. The third kappa shape index (κ3) is 4.63. The van der Waals surface area contributed by atoms with E-state index in [1.165, 1.54) is 10.5 Å². The molecule has 0 radical (unpaired) electrons. The Morgan fingerprint density at radius 1 is 1.00 bits per heavy atom. The normalized spacial score (nSPS) is 16.5. The summed E-state index contributed by atoms with van der Waals surface area (Å²) in [5.41, 5.74) is 1.29. The van der Waals surface area contributed by atoms with E-state index in [-0.39, 0.29) is 0 Å². The van der Waals surface area contributed by atoms with Crippen molar-refractivity contribution in [1.29, 1.82) is 0 Å². The topological polar surface area (TPSA) is 51.1 Å². The van der Waals surface area contributed by atoms with Gasteiger partial charge in [-0.1, -0.05) is 37.3 Å². The monoisotopic (exact) mass is 375 g/mol. The van der Waals surface area contributed by atoms with Gasteiger partial charge in [0.15, 0.2) is 0 Å². The van der Waals surface area contributed by atoms with E-state index in [0.717, 1.165) is 26.1 Å². The lowest BCUT2D eigenvalue weighted by Crippen LogP contribution is -3.13. The van der Waals surface area contributed by atoms with Crippen LogP contribution in [0.5, 0.6) is 5.75 Å². The Morgan fingerprint density at radius 2 is 1.65 bits per heavy atom. The maximum Gasteiger partial charge on any atom is 0.243 e. The molecule has 0 spiro atoms. The minimum atomic E-state index is -3.43. The fourth-order valence-electron chi connectivity index (χ4n) is 3.18. The molecule has 0 saturated carbocycles. The number of piperazine rings is 1. The molecule has 0 bridgehead atoms. The zero-order chi connectivity index (χ0) is 18.4. The third-order valence-electron chi connectivity index (χ3n) is 4.66. The Morgan fingerprint density at radius 3 is 2.27 bits per heavy atom. The van der Waals surface area contributed by atoms with Gasteiger partial charge < -0.3 is 9.64 Å². The molecule has 0 amide bonds. The highest BCUT2D eigenvalue weighted by Gasteiger charge is 2.30. The van der Waals surface area contributed by atoms with Gasteiger partial charge in [0.25, 0.3) is 0 Å². The predicted octanol–water partition coefficient (Wildman–Crippen LogP) is 1.56. The van der Waals surface area contributed by atoms with Gasteiger partial charge >= 0.3 is 0 Å². The summed E-state index contributed by atoms with van der Waals surface area (Å²) in [6, 6.07) is 17.1. The maximum atomic E-state index is 12.9. The molecule has 3 rings (SSSR count). The van der Waals surface area contributed by atoms with Crippen LogP contribution in [0.15, 0.2) is 59.5 Å². The maximum absolute atomic E-state index is 12.9. The molecule has 1 heterocycles. The Bertz CT molecular complexity index is 784. The van der Waals surface area contributed by atoms with Crippen LogP contribution >= 0.6 is 0 Å². The average Bonchev–Trinajstić information content (AvgIpc) is 2.68. The van der Waals surface area contributed by atoms with Gasteiger partial charge in [0.1, 0.15) is 12.3 Å². The fraction of sp³-hybridized carbons (Fsp3) is 0.400. The highest BCUT2D eigenvalue weighted by molar-refractivity contribution is 7.89. The molecule has 2 aromatic carbocycles. The van der Waals surface area contributed by atoms with Gasteiger partial charge in [-0.25, -0.2) is 8.42 Å². The Kier molecular flexibility index (Phi) is 6.29. The van der Waals surface area contributed by atoms with Crippen LogP contribution in [0.1, 0.15) is 18.9 Å². The van der Waals surface area contributed by atoms with E-state index < -0.39 is 10.0 Å². The number of nitrogens with zero attached hydrogens (tertiary/aromatic N) is 1. The number of hydrogen-bond acceptors (Lipinski definition) is 3. The molecule has 140 valence electrons. The molecule has 0 atom stereocenters. The number of quaternary nitrogens is 1. The molecule has 0 unspecified atom stereocenters. The molecule has 0 aromatic heterocycles. The molecule has 1 saturated heterocycles. The summed E-state index contributed by atoms with van der Waals surface area (Å²) in [5.74, 6) is 0.711. The van der Waals surface area contributed by atoms with Crippen molar-refractivity contribution in [2.75, 3.05) is 32.8 Å². The largest absolute Gasteiger partial charge is 0.494 e. The molecule has 6 heteroatoms. The van der Waals surface area contributed by atoms with E-state index in [1.807, 2.05) is 25.1 Å². The summed E-state index contributed by atoms with van der Waals surface area (Å²) in [6.45, 7) is 6.38. The van der Waals surface area contributed by atoms with Crippen molar-refractivity contribution in [3.05, 3.63) is 60.2 Å². The van der Waals surface area contributed by atoms with Crippen molar-refractivity contribution in [2.45, 2.75) is 24.8 Å². The summed E-state index contributed by atoms with van der Waals surface area (Å²) in [6.07, 6.45) is 0.926. The van der Waals surface area contributed by atoms with E-state index >= 15 is 0 Å². The van der Waals surface area contributed by atoms with E-state index in [2.05, 4.69) is 12.1 Å². The smallest absolute Gasteiger partial charge is 0.243 e. The van der Waals surface area contributed by atoms with E-state index in [0.29, 0.717) is 30.3 Å². The molecule has 1 fully saturated rings. The minimum Gasteiger partial charge on any atom is -0.494 e. The van der Waals surface area contributed by atoms with Gasteiger partial charge in [-0.15, -0.1) is 0 Å². The van der Waals surface area contributed by atoms with Crippen molar-refractivity contribution in [1.82, 2.24) is 4.31 Å². The highest BCUT2D eigenvalue weighted by Crippen LogP contribution is 2.19. The molecular formula is C20H27N2O3S+. The number of nitrogens with one attached hydrogen (secondary N) is 1. The van der Waals surface area contributed by atoms with Gasteiger partial charge in [-0.2, -0.15) is 4.31 Å². The highest BCUT2D eigenvalue weighted by atomic mass is 32.2. The van der Waals surface area contributed by atoms with Crippen molar-refractivity contribution >= 4 is 10.0 Å². The van der Waals surface area contributed by atoms with Gasteiger partial charge in [-0.05, 0) is 30.7 Å². The Balaban J connectivity index is 1.59. The molecular weight excluding hydrogens is 348 g/mol. The van der Waals surface area contributed by atoms with Crippen LogP contribution in [0, 0.1) is 0 Å². The first-order valence-corrected chi connectivity index (χ1v) is 10.6. The second kappa shape index (κ2) is 8.66. The molecule has 1 aliphatic heterocycles. The second-order valence-corrected chi connectivity index (χ2v) is 8.57. The number of benzene rings is 2.